The molecule has 1 aliphatic carbocycles. The molecule has 1 saturated carbocycles. The molecule has 0 saturated heterocycles. The smallest absolute Gasteiger partial charge is 0.118 e. The van der Waals surface area contributed by atoms with Crippen molar-refractivity contribution in [3.05, 3.63) is 71.9 Å². The molecule has 4 heteroatoms. The van der Waals surface area contributed by atoms with Gasteiger partial charge in [0.15, 0.2) is 0 Å². The topological polar surface area (TPSA) is 49.9 Å². The van der Waals surface area contributed by atoms with Gasteiger partial charge in [-0.05, 0) is 42.7 Å². The minimum absolute atomic E-state index is 0.325. The molecule has 0 atom stereocenters. The van der Waals surface area contributed by atoms with Gasteiger partial charge in [0, 0.05) is 29.6 Å². The van der Waals surface area contributed by atoms with Crippen LogP contribution < -0.4 is 10.1 Å². The van der Waals surface area contributed by atoms with Gasteiger partial charge in [0.2, 0.25) is 0 Å². The average molecular weight is 333 g/mol. The van der Waals surface area contributed by atoms with Crippen LogP contribution in [0.3, 0.4) is 0 Å². The first-order chi connectivity index (χ1) is 12.3. The minimum atomic E-state index is 0.325. The Labute approximate surface area is 148 Å². The van der Waals surface area contributed by atoms with Gasteiger partial charge in [-0.3, -0.25) is 5.10 Å². The van der Waals surface area contributed by atoms with Crippen LogP contribution in [0, 0.1) is 0 Å². The van der Waals surface area contributed by atoms with Crippen molar-refractivity contribution < 1.29 is 4.74 Å². The molecule has 1 fully saturated rings. The molecule has 2 N–H and O–H groups in total. The van der Waals surface area contributed by atoms with Crippen molar-refractivity contribution in [1.82, 2.24) is 15.5 Å². The quantitative estimate of drug-likeness (QED) is 0.689. The Balaban J connectivity index is 1.42. The highest BCUT2D eigenvalue weighted by atomic mass is 16.5. The summed E-state index contributed by atoms with van der Waals surface area (Å²) in [6.45, 7) is 1.82. The summed E-state index contributed by atoms with van der Waals surface area (Å²) >= 11 is 0. The summed E-state index contributed by atoms with van der Waals surface area (Å²) in [5.74, 6) is 0.862. The molecule has 25 heavy (non-hydrogen) atoms. The Morgan fingerprint density at radius 2 is 1.84 bits per heavy atom. The van der Waals surface area contributed by atoms with E-state index >= 15 is 0 Å². The van der Waals surface area contributed by atoms with Crippen LogP contribution in [0.15, 0.2) is 60.8 Å². The van der Waals surface area contributed by atoms with Crippen LogP contribution in [0.2, 0.25) is 0 Å². The molecule has 1 aliphatic rings. The second-order valence-corrected chi connectivity index (χ2v) is 6.75. The molecule has 128 valence electrons. The Hall–Kier alpha value is -2.59. The molecule has 2 aromatic carbocycles. The van der Waals surface area contributed by atoms with Crippen LogP contribution in [0.4, 0.5) is 0 Å². The Morgan fingerprint density at radius 1 is 1.08 bits per heavy atom. The lowest BCUT2D eigenvalue weighted by molar-refractivity contribution is 0.415. The van der Waals surface area contributed by atoms with Gasteiger partial charge in [0.25, 0.3) is 0 Å². The number of nitrogens with zero attached hydrogens (tertiary/aromatic N) is 1. The SMILES string of the molecule is COc1ccc(-c2[nH]ncc2CNCC2(c3ccccc3)CC2)cc1. The van der Waals surface area contributed by atoms with E-state index < -0.39 is 0 Å². The van der Waals surface area contributed by atoms with E-state index in [9.17, 15) is 0 Å². The molecule has 4 rings (SSSR count). The summed E-state index contributed by atoms with van der Waals surface area (Å²) in [4.78, 5) is 0. The lowest BCUT2D eigenvalue weighted by Crippen LogP contribution is -2.26. The first kappa shape index (κ1) is 15.9. The van der Waals surface area contributed by atoms with Gasteiger partial charge in [0.05, 0.1) is 19.0 Å². The summed E-state index contributed by atoms with van der Waals surface area (Å²) in [6, 6.07) is 18.9. The highest BCUT2D eigenvalue weighted by Gasteiger charge is 2.43. The standard InChI is InChI=1S/C21H23N3O/c1-25-19-9-7-16(8-10-19)20-17(14-23-24-20)13-22-15-21(11-12-21)18-5-3-2-4-6-18/h2-10,14,22H,11-13,15H2,1H3,(H,23,24). The maximum Gasteiger partial charge on any atom is 0.118 e. The minimum Gasteiger partial charge on any atom is -0.497 e. The number of aromatic nitrogens is 2. The van der Waals surface area contributed by atoms with E-state index in [1.807, 2.05) is 18.3 Å². The third-order valence-electron chi connectivity index (χ3n) is 5.12. The maximum atomic E-state index is 5.23. The Bertz CT molecular complexity index is 820. The average Bonchev–Trinajstić information content (AvgIpc) is 3.32. The fraction of sp³-hybridized carbons (Fsp3) is 0.286. The predicted molar refractivity (Wildman–Crippen MR) is 99.6 cm³/mol. The maximum absolute atomic E-state index is 5.23. The zero-order chi connectivity index (χ0) is 17.1. The summed E-state index contributed by atoms with van der Waals surface area (Å²) in [6.07, 6.45) is 4.44. The van der Waals surface area contributed by atoms with Crippen molar-refractivity contribution in [1.29, 1.82) is 0 Å². The van der Waals surface area contributed by atoms with E-state index in [2.05, 4.69) is 58.0 Å². The predicted octanol–water partition coefficient (Wildman–Crippen LogP) is 3.91. The van der Waals surface area contributed by atoms with Gasteiger partial charge in [-0.1, -0.05) is 30.3 Å². The van der Waals surface area contributed by atoms with Crippen molar-refractivity contribution >= 4 is 0 Å². The van der Waals surface area contributed by atoms with E-state index in [0.29, 0.717) is 5.41 Å². The second kappa shape index (κ2) is 6.73. The van der Waals surface area contributed by atoms with E-state index in [0.717, 1.165) is 30.1 Å². The van der Waals surface area contributed by atoms with E-state index in [-0.39, 0.29) is 0 Å². The van der Waals surface area contributed by atoms with Gasteiger partial charge < -0.3 is 10.1 Å². The second-order valence-electron chi connectivity index (χ2n) is 6.75. The fourth-order valence-electron chi connectivity index (χ4n) is 3.40. The molecule has 0 spiro atoms. The van der Waals surface area contributed by atoms with Crippen LogP contribution in [0.1, 0.15) is 24.0 Å². The highest BCUT2D eigenvalue weighted by Crippen LogP contribution is 2.47. The summed E-state index contributed by atoms with van der Waals surface area (Å²) in [5.41, 5.74) is 5.16. The Morgan fingerprint density at radius 3 is 2.52 bits per heavy atom. The first-order valence-corrected chi connectivity index (χ1v) is 8.74. The molecule has 0 bridgehead atoms. The van der Waals surface area contributed by atoms with Crippen LogP contribution in [0.5, 0.6) is 5.75 Å². The number of aromatic amines is 1. The molecular weight excluding hydrogens is 310 g/mol. The van der Waals surface area contributed by atoms with Crippen LogP contribution >= 0.6 is 0 Å². The molecule has 0 unspecified atom stereocenters. The molecule has 1 heterocycles. The number of rotatable bonds is 7. The third-order valence-corrected chi connectivity index (χ3v) is 5.12. The van der Waals surface area contributed by atoms with Crippen molar-refractivity contribution in [2.24, 2.45) is 0 Å². The highest BCUT2D eigenvalue weighted by molar-refractivity contribution is 5.63. The summed E-state index contributed by atoms with van der Waals surface area (Å²) in [5, 5.41) is 11.0. The zero-order valence-electron chi connectivity index (χ0n) is 14.5. The number of hydrogen-bond acceptors (Lipinski definition) is 3. The molecule has 0 aliphatic heterocycles. The van der Waals surface area contributed by atoms with Crippen LogP contribution in [-0.2, 0) is 12.0 Å². The van der Waals surface area contributed by atoms with E-state index in [1.165, 1.54) is 24.0 Å². The van der Waals surface area contributed by atoms with Gasteiger partial charge >= 0.3 is 0 Å². The molecule has 3 aromatic rings. The van der Waals surface area contributed by atoms with E-state index in [4.69, 9.17) is 4.74 Å². The lowest BCUT2D eigenvalue weighted by Gasteiger charge is -2.16. The number of H-pyrrole nitrogens is 1. The molecule has 0 amide bonds. The molecule has 0 radical (unpaired) electrons. The van der Waals surface area contributed by atoms with Crippen LogP contribution in [-0.4, -0.2) is 23.9 Å². The number of nitrogens with one attached hydrogen (secondary N) is 2. The number of benzene rings is 2. The number of ether oxygens (including phenoxy) is 1. The van der Waals surface area contributed by atoms with Gasteiger partial charge in [-0.15, -0.1) is 0 Å². The zero-order valence-corrected chi connectivity index (χ0v) is 14.5. The molecular formula is C21H23N3O. The lowest BCUT2D eigenvalue weighted by atomic mass is 9.96. The Kier molecular flexibility index (Phi) is 4.28. The normalized spacial score (nSPS) is 15.1. The van der Waals surface area contributed by atoms with Crippen molar-refractivity contribution in [3.63, 3.8) is 0 Å². The van der Waals surface area contributed by atoms with Crippen molar-refractivity contribution in [2.75, 3.05) is 13.7 Å². The largest absolute Gasteiger partial charge is 0.497 e. The summed E-state index contributed by atoms with van der Waals surface area (Å²) < 4.78 is 5.23. The molecule has 4 nitrogen and oxygen atoms in total. The monoisotopic (exact) mass is 333 g/mol. The fourth-order valence-corrected chi connectivity index (χ4v) is 3.40. The number of methoxy groups -OCH3 is 1. The van der Waals surface area contributed by atoms with Crippen molar-refractivity contribution in [3.8, 4) is 17.0 Å². The molecule has 1 aromatic heterocycles. The first-order valence-electron chi connectivity index (χ1n) is 8.74. The van der Waals surface area contributed by atoms with Gasteiger partial charge in [0.1, 0.15) is 5.75 Å². The van der Waals surface area contributed by atoms with Crippen molar-refractivity contribution in [2.45, 2.75) is 24.8 Å². The van der Waals surface area contributed by atoms with Gasteiger partial charge in [-0.2, -0.15) is 5.10 Å². The number of hydrogen-bond donors (Lipinski definition) is 2. The van der Waals surface area contributed by atoms with Crippen LogP contribution in [0.25, 0.3) is 11.3 Å². The summed E-state index contributed by atoms with van der Waals surface area (Å²) in [7, 11) is 1.68. The van der Waals surface area contributed by atoms with E-state index in [1.54, 1.807) is 7.11 Å². The van der Waals surface area contributed by atoms with Gasteiger partial charge in [-0.25, -0.2) is 0 Å². The third kappa shape index (κ3) is 3.30.